The molecule has 1 fully saturated rings. The molecule has 1 aromatic carbocycles. The van der Waals surface area contributed by atoms with Gasteiger partial charge in [-0.1, -0.05) is 37.3 Å². The van der Waals surface area contributed by atoms with Crippen LogP contribution in [0.4, 0.5) is 0 Å². The van der Waals surface area contributed by atoms with Crippen molar-refractivity contribution in [2.45, 2.75) is 25.3 Å². The van der Waals surface area contributed by atoms with Gasteiger partial charge in [-0.2, -0.15) is 5.26 Å². The van der Waals surface area contributed by atoms with Crippen molar-refractivity contribution in [3.8, 4) is 6.07 Å². The lowest BCUT2D eigenvalue weighted by Crippen LogP contribution is -2.31. The van der Waals surface area contributed by atoms with Gasteiger partial charge in [0.15, 0.2) is 0 Å². The van der Waals surface area contributed by atoms with Crippen LogP contribution in [0, 0.1) is 17.2 Å². The molecule has 0 bridgehead atoms. The van der Waals surface area contributed by atoms with Crippen LogP contribution < -0.4 is 5.32 Å². The number of nitrogens with zero attached hydrogens (tertiary/aromatic N) is 1. The monoisotopic (exact) mass is 214 g/mol. The molecular weight excluding hydrogens is 200 g/mol. The highest BCUT2D eigenvalue weighted by molar-refractivity contribution is 5.86. The maximum atomic E-state index is 11.8. The van der Waals surface area contributed by atoms with E-state index in [1.165, 1.54) is 0 Å². The Kier molecular flexibility index (Phi) is 2.91. The summed E-state index contributed by atoms with van der Waals surface area (Å²) in [5.41, 5.74) is 0.760. The zero-order valence-electron chi connectivity index (χ0n) is 9.18. The number of nitrogens with one attached hydrogen (secondary N) is 1. The fourth-order valence-electron chi connectivity index (χ4n) is 1.72. The molecule has 1 saturated carbocycles. The van der Waals surface area contributed by atoms with E-state index in [-0.39, 0.29) is 11.9 Å². The number of rotatable bonds is 3. The molecule has 0 heterocycles. The van der Waals surface area contributed by atoms with Crippen LogP contribution in [0.1, 0.15) is 24.8 Å². The van der Waals surface area contributed by atoms with E-state index in [9.17, 15) is 4.79 Å². The first kappa shape index (κ1) is 10.7. The highest BCUT2D eigenvalue weighted by Gasteiger charge is 2.35. The van der Waals surface area contributed by atoms with Crippen molar-refractivity contribution in [1.29, 1.82) is 5.26 Å². The van der Waals surface area contributed by atoms with Crippen molar-refractivity contribution in [1.82, 2.24) is 5.32 Å². The minimum absolute atomic E-state index is 0.178. The van der Waals surface area contributed by atoms with E-state index in [0.717, 1.165) is 12.0 Å². The van der Waals surface area contributed by atoms with Crippen molar-refractivity contribution >= 4 is 5.91 Å². The SMILES string of the molecule is CC1CC1NC(=O)C(C#N)c1ccccc1. The van der Waals surface area contributed by atoms with Crippen molar-refractivity contribution < 1.29 is 4.79 Å². The smallest absolute Gasteiger partial charge is 0.242 e. The molecule has 3 atom stereocenters. The van der Waals surface area contributed by atoms with Crippen LogP contribution in [-0.2, 0) is 4.79 Å². The molecule has 3 unspecified atom stereocenters. The van der Waals surface area contributed by atoms with Gasteiger partial charge in [-0.3, -0.25) is 4.79 Å². The number of amides is 1. The Morgan fingerprint density at radius 1 is 1.50 bits per heavy atom. The van der Waals surface area contributed by atoms with E-state index in [2.05, 4.69) is 18.3 Å². The minimum atomic E-state index is -0.686. The number of hydrogen-bond acceptors (Lipinski definition) is 2. The van der Waals surface area contributed by atoms with E-state index in [1.807, 2.05) is 30.3 Å². The molecule has 1 amide bonds. The van der Waals surface area contributed by atoms with Crippen LogP contribution in [0.3, 0.4) is 0 Å². The van der Waals surface area contributed by atoms with Crippen LogP contribution in [0.25, 0.3) is 0 Å². The van der Waals surface area contributed by atoms with E-state index in [4.69, 9.17) is 5.26 Å². The van der Waals surface area contributed by atoms with Gasteiger partial charge in [0.1, 0.15) is 5.92 Å². The summed E-state index contributed by atoms with van der Waals surface area (Å²) < 4.78 is 0. The lowest BCUT2D eigenvalue weighted by atomic mass is 10.00. The van der Waals surface area contributed by atoms with Crippen molar-refractivity contribution in [3.05, 3.63) is 35.9 Å². The van der Waals surface area contributed by atoms with Crippen LogP contribution in [0.15, 0.2) is 30.3 Å². The largest absolute Gasteiger partial charge is 0.352 e. The average Bonchev–Trinajstić information content (AvgIpc) is 2.96. The van der Waals surface area contributed by atoms with Gasteiger partial charge in [0, 0.05) is 6.04 Å². The Morgan fingerprint density at radius 2 is 2.12 bits per heavy atom. The topological polar surface area (TPSA) is 52.9 Å². The third-order valence-corrected chi connectivity index (χ3v) is 2.96. The summed E-state index contributed by atoms with van der Waals surface area (Å²) in [6.07, 6.45) is 1.03. The van der Waals surface area contributed by atoms with E-state index in [1.54, 1.807) is 0 Å². The summed E-state index contributed by atoms with van der Waals surface area (Å²) >= 11 is 0. The Balaban J connectivity index is 2.05. The van der Waals surface area contributed by atoms with E-state index >= 15 is 0 Å². The molecule has 3 nitrogen and oxygen atoms in total. The molecule has 3 heteroatoms. The molecule has 1 N–H and O–H groups in total. The Labute approximate surface area is 95.1 Å². The van der Waals surface area contributed by atoms with Crippen LogP contribution in [0.5, 0.6) is 0 Å². The number of carbonyl (C=O) groups is 1. The van der Waals surface area contributed by atoms with Crippen molar-refractivity contribution in [2.75, 3.05) is 0 Å². The molecule has 0 saturated heterocycles. The zero-order chi connectivity index (χ0) is 11.5. The van der Waals surface area contributed by atoms with Crippen LogP contribution in [0.2, 0.25) is 0 Å². The maximum absolute atomic E-state index is 11.8. The summed E-state index contributed by atoms with van der Waals surface area (Å²) in [7, 11) is 0. The standard InChI is InChI=1S/C13H14N2O/c1-9-7-12(9)15-13(16)11(8-14)10-5-3-2-4-6-10/h2-6,9,11-12H,7H2,1H3,(H,15,16). The summed E-state index contributed by atoms with van der Waals surface area (Å²) in [6.45, 7) is 2.09. The molecule has 0 spiro atoms. The first-order valence-corrected chi connectivity index (χ1v) is 5.47. The van der Waals surface area contributed by atoms with Gasteiger partial charge < -0.3 is 5.32 Å². The normalized spacial score (nSPS) is 24.2. The van der Waals surface area contributed by atoms with Crippen LogP contribution in [-0.4, -0.2) is 11.9 Å². The third kappa shape index (κ3) is 2.22. The first-order chi connectivity index (χ1) is 7.72. The predicted molar refractivity (Wildman–Crippen MR) is 60.5 cm³/mol. The Bertz CT molecular complexity index is 421. The number of carbonyl (C=O) groups excluding carboxylic acids is 1. The van der Waals surface area contributed by atoms with Gasteiger partial charge >= 0.3 is 0 Å². The summed E-state index contributed by atoms with van der Waals surface area (Å²) in [6, 6.07) is 11.5. The Morgan fingerprint density at radius 3 is 2.62 bits per heavy atom. The summed E-state index contributed by atoms with van der Waals surface area (Å²) in [4.78, 5) is 11.8. The second-order valence-corrected chi connectivity index (χ2v) is 4.30. The fraction of sp³-hybridized carbons (Fsp3) is 0.385. The number of hydrogen-bond donors (Lipinski definition) is 1. The molecule has 1 aliphatic carbocycles. The van der Waals surface area contributed by atoms with Crippen molar-refractivity contribution in [2.24, 2.45) is 5.92 Å². The predicted octanol–water partition coefficient (Wildman–Crippen LogP) is 1.82. The van der Waals surface area contributed by atoms with E-state index in [0.29, 0.717) is 5.92 Å². The quantitative estimate of drug-likeness (QED) is 0.834. The third-order valence-electron chi connectivity index (χ3n) is 2.96. The molecule has 16 heavy (non-hydrogen) atoms. The molecule has 2 rings (SSSR count). The zero-order valence-corrected chi connectivity index (χ0v) is 9.18. The number of benzene rings is 1. The number of nitriles is 1. The molecule has 0 radical (unpaired) electrons. The van der Waals surface area contributed by atoms with Gasteiger partial charge in [0.05, 0.1) is 6.07 Å². The highest BCUT2D eigenvalue weighted by Crippen LogP contribution is 2.29. The summed E-state index contributed by atoms with van der Waals surface area (Å²) in [5, 5.41) is 11.9. The van der Waals surface area contributed by atoms with Gasteiger partial charge in [-0.25, -0.2) is 0 Å². The van der Waals surface area contributed by atoms with Crippen LogP contribution >= 0.6 is 0 Å². The van der Waals surface area contributed by atoms with E-state index < -0.39 is 5.92 Å². The molecular formula is C13H14N2O. The molecule has 82 valence electrons. The Hall–Kier alpha value is -1.82. The second kappa shape index (κ2) is 4.36. The summed E-state index contributed by atoms with van der Waals surface area (Å²) in [5.74, 6) is -0.309. The van der Waals surface area contributed by atoms with Gasteiger partial charge in [0.2, 0.25) is 5.91 Å². The second-order valence-electron chi connectivity index (χ2n) is 4.30. The molecule has 0 aliphatic heterocycles. The first-order valence-electron chi connectivity index (χ1n) is 5.47. The molecule has 1 aliphatic rings. The van der Waals surface area contributed by atoms with Gasteiger partial charge in [0.25, 0.3) is 0 Å². The minimum Gasteiger partial charge on any atom is -0.352 e. The fourth-order valence-corrected chi connectivity index (χ4v) is 1.72. The molecule has 1 aromatic rings. The van der Waals surface area contributed by atoms with Crippen molar-refractivity contribution in [3.63, 3.8) is 0 Å². The lowest BCUT2D eigenvalue weighted by molar-refractivity contribution is -0.121. The van der Waals surface area contributed by atoms with Gasteiger partial charge in [-0.05, 0) is 17.9 Å². The highest BCUT2D eigenvalue weighted by atomic mass is 16.2. The maximum Gasteiger partial charge on any atom is 0.242 e. The average molecular weight is 214 g/mol. The molecule has 0 aromatic heterocycles. The van der Waals surface area contributed by atoms with Gasteiger partial charge in [-0.15, -0.1) is 0 Å². The lowest BCUT2D eigenvalue weighted by Gasteiger charge is -2.09.